The van der Waals surface area contributed by atoms with E-state index in [0.29, 0.717) is 16.8 Å². The van der Waals surface area contributed by atoms with Crippen LogP contribution in [0.3, 0.4) is 0 Å². The summed E-state index contributed by atoms with van der Waals surface area (Å²) >= 11 is 3.38. The minimum atomic E-state index is -0.223. The quantitative estimate of drug-likeness (QED) is 0.803. The van der Waals surface area contributed by atoms with Crippen LogP contribution in [-0.4, -0.2) is 32.0 Å². The molecule has 2 amide bonds. The molecule has 0 aliphatic heterocycles. The number of hydrogen-bond donors (Lipinski definition) is 2. The Balaban J connectivity index is 1.85. The van der Waals surface area contributed by atoms with Gasteiger partial charge in [-0.15, -0.1) is 0 Å². The van der Waals surface area contributed by atoms with Crippen molar-refractivity contribution in [3.8, 4) is 0 Å². The third-order valence-electron chi connectivity index (χ3n) is 4.01. The lowest BCUT2D eigenvalue weighted by atomic mass is 10.1. The molecule has 0 aromatic heterocycles. The Morgan fingerprint density at radius 3 is 2.40 bits per heavy atom. The molecule has 0 spiro atoms. The highest BCUT2D eigenvalue weighted by Gasteiger charge is 2.25. The van der Waals surface area contributed by atoms with E-state index in [-0.39, 0.29) is 17.9 Å². The summed E-state index contributed by atoms with van der Waals surface area (Å²) in [7, 11) is 3.78. The first-order valence-electron chi connectivity index (χ1n) is 8.14. The second kappa shape index (κ2) is 7.27. The van der Waals surface area contributed by atoms with Crippen molar-refractivity contribution in [2.24, 2.45) is 0 Å². The fourth-order valence-electron chi connectivity index (χ4n) is 2.52. The van der Waals surface area contributed by atoms with Gasteiger partial charge in [0, 0.05) is 36.0 Å². The smallest absolute Gasteiger partial charge is 0.256 e. The first-order chi connectivity index (χ1) is 12.0. The molecule has 2 aromatic rings. The van der Waals surface area contributed by atoms with Crippen molar-refractivity contribution >= 4 is 39.1 Å². The average Bonchev–Trinajstić information content (AvgIpc) is 3.38. The van der Waals surface area contributed by atoms with Gasteiger partial charge in [0.1, 0.15) is 0 Å². The van der Waals surface area contributed by atoms with E-state index in [4.69, 9.17) is 0 Å². The van der Waals surface area contributed by atoms with Gasteiger partial charge in [-0.1, -0.05) is 12.1 Å². The van der Waals surface area contributed by atoms with Crippen LogP contribution < -0.4 is 15.5 Å². The third kappa shape index (κ3) is 4.20. The standard InChI is InChI=1S/C19H20BrN3O2/c1-23(2)17-10-9-13(11-15(17)19(25)21-12-7-8-12)22-18(24)14-5-3-4-6-16(14)20/h3-6,9-12H,7-8H2,1-2H3,(H,21,25)(H,22,24). The molecule has 2 aromatic carbocycles. The lowest BCUT2D eigenvalue weighted by molar-refractivity contribution is 0.0950. The molecular weight excluding hydrogens is 382 g/mol. The second-order valence-electron chi connectivity index (χ2n) is 6.31. The van der Waals surface area contributed by atoms with Gasteiger partial charge in [-0.25, -0.2) is 0 Å². The normalized spacial score (nSPS) is 13.2. The van der Waals surface area contributed by atoms with Crippen molar-refractivity contribution in [3.05, 3.63) is 58.1 Å². The minimum Gasteiger partial charge on any atom is -0.377 e. The van der Waals surface area contributed by atoms with Crippen molar-refractivity contribution in [2.75, 3.05) is 24.3 Å². The zero-order valence-electron chi connectivity index (χ0n) is 14.2. The van der Waals surface area contributed by atoms with Crippen LogP contribution in [0.1, 0.15) is 33.6 Å². The maximum Gasteiger partial charge on any atom is 0.256 e. The number of nitrogens with one attached hydrogen (secondary N) is 2. The fourth-order valence-corrected chi connectivity index (χ4v) is 2.99. The van der Waals surface area contributed by atoms with Crippen molar-refractivity contribution in [3.63, 3.8) is 0 Å². The molecule has 1 saturated carbocycles. The van der Waals surface area contributed by atoms with Crippen LogP contribution in [0.15, 0.2) is 46.9 Å². The molecule has 0 atom stereocenters. The molecule has 130 valence electrons. The maximum atomic E-state index is 12.5. The number of hydrogen-bond acceptors (Lipinski definition) is 3. The molecule has 6 heteroatoms. The second-order valence-corrected chi connectivity index (χ2v) is 7.16. The highest BCUT2D eigenvalue weighted by Crippen LogP contribution is 2.26. The van der Waals surface area contributed by atoms with E-state index >= 15 is 0 Å². The topological polar surface area (TPSA) is 61.4 Å². The van der Waals surface area contributed by atoms with Crippen LogP contribution in [0.25, 0.3) is 0 Å². The molecule has 0 unspecified atom stereocenters. The highest BCUT2D eigenvalue weighted by atomic mass is 79.9. The van der Waals surface area contributed by atoms with Crippen LogP contribution >= 0.6 is 15.9 Å². The zero-order chi connectivity index (χ0) is 18.0. The summed E-state index contributed by atoms with van der Waals surface area (Å²) in [5.74, 6) is -0.332. The van der Waals surface area contributed by atoms with Gasteiger partial charge < -0.3 is 15.5 Å². The zero-order valence-corrected chi connectivity index (χ0v) is 15.8. The summed E-state index contributed by atoms with van der Waals surface area (Å²) in [6.07, 6.45) is 2.06. The number of amides is 2. The van der Waals surface area contributed by atoms with E-state index in [9.17, 15) is 9.59 Å². The van der Waals surface area contributed by atoms with Gasteiger partial charge in [-0.2, -0.15) is 0 Å². The number of carbonyl (C=O) groups is 2. The monoisotopic (exact) mass is 401 g/mol. The predicted molar refractivity (Wildman–Crippen MR) is 103 cm³/mol. The molecule has 1 fully saturated rings. The van der Waals surface area contributed by atoms with E-state index in [1.807, 2.05) is 43.3 Å². The van der Waals surface area contributed by atoms with Crippen molar-refractivity contribution in [1.82, 2.24) is 5.32 Å². The van der Waals surface area contributed by atoms with Crippen LogP contribution in [0.2, 0.25) is 0 Å². The van der Waals surface area contributed by atoms with Gasteiger partial charge in [-0.3, -0.25) is 9.59 Å². The molecular formula is C19H20BrN3O2. The van der Waals surface area contributed by atoms with Gasteiger partial charge in [0.15, 0.2) is 0 Å². The molecule has 2 N–H and O–H groups in total. The number of halogens is 1. The largest absolute Gasteiger partial charge is 0.377 e. The predicted octanol–water partition coefficient (Wildman–Crippen LogP) is 3.66. The average molecular weight is 402 g/mol. The Bertz CT molecular complexity index is 816. The van der Waals surface area contributed by atoms with E-state index < -0.39 is 0 Å². The molecule has 0 radical (unpaired) electrons. The fraction of sp³-hybridized carbons (Fsp3) is 0.263. The van der Waals surface area contributed by atoms with Crippen LogP contribution in [-0.2, 0) is 0 Å². The summed E-state index contributed by atoms with van der Waals surface area (Å²) < 4.78 is 0.726. The van der Waals surface area contributed by atoms with E-state index in [2.05, 4.69) is 26.6 Å². The molecule has 0 saturated heterocycles. The molecule has 0 bridgehead atoms. The van der Waals surface area contributed by atoms with Gasteiger partial charge in [0.25, 0.3) is 11.8 Å². The summed E-state index contributed by atoms with van der Waals surface area (Å²) in [4.78, 5) is 26.9. The van der Waals surface area contributed by atoms with Crippen LogP contribution in [0, 0.1) is 0 Å². The third-order valence-corrected chi connectivity index (χ3v) is 4.70. The summed E-state index contributed by atoms with van der Waals surface area (Å²) in [6.45, 7) is 0. The van der Waals surface area contributed by atoms with Crippen LogP contribution in [0.4, 0.5) is 11.4 Å². The summed E-state index contributed by atoms with van der Waals surface area (Å²) in [5.41, 5.74) is 2.51. The Morgan fingerprint density at radius 1 is 1.04 bits per heavy atom. The lowest BCUT2D eigenvalue weighted by Crippen LogP contribution is -2.27. The number of anilines is 2. The van der Waals surface area contributed by atoms with E-state index in [1.165, 1.54) is 0 Å². The van der Waals surface area contributed by atoms with Crippen LogP contribution in [0.5, 0.6) is 0 Å². The molecule has 5 nitrogen and oxygen atoms in total. The molecule has 0 heterocycles. The van der Waals surface area contributed by atoms with Gasteiger partial charge >= 0.3 is 0 Å². The van der Waals surface area contributed by atoms with E-state index in [0.717, 1.165) is 23.0 Å². The Morgan fingerprint density at radius 2 is 1.76 bits per heavy atom. The number of carbonyl (C=O) groups excluding carboxylic acids is 2. The molecule has 1 aliphatic carbocycles. The molecule has 1 aliphatic rings. The SMILES string of the molecule is CN(C)c1ccc(NC(=O)c2ccccc2Br)cc1C(=O)NC1CC1. The Kier molecular flexibility index (Phi) is 5.08. The number of nitrogens with zero attached hydrogens (tertiary/aromatic N) is 1. The van der Waals surface area contributed by atoms with Gasteiger partial charge in [-0.05, 0) is 59.1 Å². The first kappa shape index (κ1) is 17.5. The van der Waals surface area contributed by atoms with Crippen molar-refractivity contribution in [1.29, 1.82) is 0 Å². The molecule has 3 rings (SSSR count). The first-order valence-corrected chi connectivity index (χ1v) is 8.93. The Labute approximate surface area is 155 Å². The molecule has 25 heavy (non-hydrogen) atoms. The number of rotatable bonds is 5. The van der Waals surface area contributed by atoms with Gasteiger partial charge in [0.2, 0.25) is 0 Å². The summed E-state index contributed by atoms with van der Waals surface area (Å²) in [5, 5.41) is 5.86. The maximum absolute atomic E-state index is 12.5. The van der Waals surface area contributed by atoms with Gasteiger partial charge in [0.05, 0.1) is 11.1 Å². The summed E-state index contributed by atoms with van der Waals surface area (Å²) in [6, 6.07) is 12.9. The highest BCUT2D eigenvalue weighted by molar-refractivity contribution is 9.10. The van der Waals surface area contributed by atoms with Crippen molar-refractivity contribution < 1.29 is 9.59 Å². The van der Waals surface area contributed by atoms with E-state index in [1.54, 1.807) is 18.2 Å². The minimum absolute atomic E-state index is 0.108. The Hall–Kier alpha value is -2.34. The number of benzene rings is 2. The van der Waals surface area contributed by atoms with Crippen molar-refractivity contribution in [2.45, 2.75) is 18.9 Å². The lowest BCUT2D eigenvalue weighted by Gasteiger charge is -2.18.